The number of hydrogen-bond donors (Lipinski definition) is 2. The molecule has 0 atom stereocenters. The molecule has 2 aromatic rings. The average Bonchev–Trinajstić information content (AvgIpc) is 2.87. The number of unbranched alkanes of at least 4 members (excludes halogenated alkanes) is 3. The van der Waals surface area contributed by atoms with E-state index < -0.39 is 0 Å². The Labute approximate surface area is 210 Å². The molecular formula is C30H50N4. The molecule has 0 saturated carbocycles. The lowest BCUT2D eigenvalue weighted by Crippen LogP contribution is -2.29. The third kappa shape index (κ3) is 13.9. The van der Waals surface area contributed by atoms with Crippen molar-refractivity contribution in [3.63, 3.8) is 0 Å². The summed E-state index contributed by atoms with van der Waals surface area (Å²) in [4.78, 5) is 5.33. The predicted octanol–water partition coefficient (Wildman–Crippen LogP) is 5.55. The summed E-state index contributed by atoms with van der Waals surface area (Å²) < 4.78 is 0. The van der Waals surface area contributed by atoms with Crippen LogP contribution in [0, 0.1) is 0 Å². The Hall–Kier alpha value is -1.72. The fraction of sp³-hybridized carbons (Fsp3) is 0.600. The van der Waals surface area contributed by atoms with E-state index in [1.54, 1.807) is 0 Å². The monoisotopic (exact) mass is 466 g/mol. The van der Waals surface area contributed by atoms with Crippen molar-refractivity contribution >= 4 is 0 Å². The zero-order valence-corrected chi connectivity index (χ0v) is 22.0. The number of nitrogens with zero attached hydrogens (tertiary/aromatic N) is 2. The molecule has 4 heteroatoms. The van der Waals surface area contributed by atoms with Crippen molar-refractivity contribution in [2.75, 3.05) is 52.4 Å². The highest BCUT2D eigenvalue weighted by atomic mass is 15.1. The van der Waals surface area contributed by atoms with Crippen LogP contribution in [0.1, 0.15) is 63.5 Å². The molecule has 0 fully saturated rings. The largest absolute Gasteiger partial charge is 0.317 e. The lowest BCUT2D eigenvalue weighted by Gasteiger charge is -2.25. The number of hydrogen-bond acceptors (Lipinski definition) is 4. The number of nitrogens with one attached hydrogen (secondary N) is 2. The highest BCUT2D eigenvalue weighted by molar-refractivity contribution is 5.15. The van der Waals surface area contributed by atoms with Crippen LogP contribution in [0.5, 0.6) is 0 Å². The van der Waals surface area contributed by atoms with E-state index in [2.05, 4.69) is 94.9 Å². The Morgan fingerprint density at radius 1 is 0.500 bits per heavy atom. The molecule has 0 aliphatic carbocycles. The molecule has 2 aromatic carbocycles. The lowest BCUT2D eigenvalue weighted by atomic mass is 10.1. The Balaban J connectivity index is 1.78. The van der Waals surface area contributed by atoms with Gasteiger partial charge in [0.1, 0.15) is 0 Å². The van der Waals surface area contributed by atoms with Gasteiger partial charge in [0.25, 0.3) is 0 Å². The van der Waals surface area contributed by atoms with E-state index in [0.29, 0.717) is 0 Å². The van der Waals surface area contributed by atoms with E-state index in [-0.39, 0.29) is 0 Å². The topological polar surface area (TPSA) is 30.5 Å². The fourth-order valence-corrected chi connectivity index (χ4v) is 4.42. The van der Waals surface area contributed by atoms with Gasteiger partial charge in [0.2, 0.25) is 0 Å². The molecule has 0 aromatic heterocycles. The summed E-state index contributed by atoms with van der Waals surface area (Å²) in [6, 6.07) is 21.9. The van der Waals surface area contributed by atoms with Crippen LogP contribution >= 0.6 is 0 Å². The third-order valence-corrected chi connectivity index (χ3v) is 6.35. The summed E-state index contributed by atoms with van der Waals surface area (Å²) in [5.41, 5.74) is 2.86. The van der Waals surface area contributed by atoms with Crippen molar-refractivity contribution in [1.29, 1.82) is 0 Å². The molecule has 34 heavy (non-hydrogen) atoms. The van der Waals surface area contributed by atoms with Gasteiger partial charge in [-0.3, -0.25) is 9.80 Å². The van der Waals surface area contributed by atoms with Crippen LogP contribution in [0.2, 0.25) is 0 Å². The van der Waals surface area contributed by atoms with E-state index in [4.69, 9.17) is 0 Å². The van der Waals surface area contributed by atoms with Gasteiger partial charge in [0.15, 0.2) is 0 Å². The predicted molar refractivity (Wildman–Crippen MR) is 148 cm³/mol. The molecular weight excluding hydrogens is 416 g/mol. The third-order valence-electron chi connectivity index (χ3n) is 6.35. The van der Waals surface area contributed by atoms with E-state index in [1.165, 1.54) is 75.8 Å². The van der Waals surface area contributed by atoms with Gasteiger partial charge in [-0.1, -0.05) is 74.5 Å². The summed E-state index contributed by atoms with van der Waals surface area (Å²) in [6.45, 7) is 15.7. The molecule has 0 radical (unpaired) electrons. The van der Waals surface area contributed by atoms with Gasteiger partial charge in [0, 0.05) is 13.1 Å². The fourth-order valence-electron chi connectivity index (χ4n) is 4.42. The molecule has 0 bridgehead atoms. The standard InChI is InChI=1S/C30H50N4/c1-3-31-21-11-13-23-33(27-29-17-7-5-8-18-29)25-15-16-26-34(24-14-12-22-32-4-2)28-30-19-9-6-10-20-30/h5-10,17-20,31-32H,3-4,11-16,21-28H2,1-2H3. The summed E-state index contributed by atoms with van der Waals surface area (Å²) in [5.74, 6) is 0. The molecule has 0 aliphatic rings. The summed E-state index contributed by atoms with van der Waals surface area (Å²) in [5, 5.41) is 6.91. The van der Waals surface area contributed by atoms with Crippen molar-refractivity contribution in [2.24, 2.45) is 0 Å². The molecule has 0 spiro atoms. The number of rotatable bonds is 21. The summed E-state index contributed by atoms with van der Waals surface area (Å²) in [6.07, 6.45) is 7.59. The first-order chi connectivity index (χ1) is 16.8. The van der Waals surface area contributed by atoms with Crippen molar-refractivity contribution in [3.05, 3.63) is 71.8 Å². The maximum atomic E-state index is 3.46. The lowest BCUT2D eigenvalue weighted by molar-refractivity contribution is 0.227. The van der Waals surface area contributed by atoms with Crippen LogP contribution in [0.3, 0.4) is 0 Å². The summed E-state index contributed by atoms with van der Waals surface area (Å²) >= 11 is 0. The van der Waals surface area contributed by atoms with Crippen LogP contribution in [-0.4, -0.2) is 62.2 Å². The molecule has 0 unspecified atom stereocenters. The van der Waals surface area contributed by atoms with Crippen LogP contribution in [0.15, 0.2) is 60.7 Å². The first-order valence-corrected chi connectivity index (χ1v) is 13.8. The van der Waals surface area contributed by atoms with Gasteiger partial charge in [-0.2, -0.15) is 0 Å². The molecule has 0 saturated heterocycles. The maximum absolute atomic E-state index is 3.46. The zero-order valence-electron chi connectivity index (χ0n) is 22.0. The second-order valence-electron chi connectivity index (χ2n) is 9.35. The highest BCUT2D eigenvalue weighted by Crippen LogP contribution is 2.10. The second-order valence-corrected chi connectivity index (χ2v) is 9.35. The minimum atomic E-state index is 1.07. The molecule has 0 aliphatic heterocycles. The molecule has 2 N–H and O–H groups in total. The van der Waals surface area contributed by atoms with Crippen molar-refractivity contribution in [3.8, 4) is 0 Å². The van der Waals surface area contributed by atoms with Gasteiger partial charge in [-0.15, -0.1) is 0 Å². The van der Waals surface area contributed by atoms with Crippen LogP contribution in [0.4, 0.5) is 0 Å². The average molecular weight is 467 g/mol. The van der Waals surface area contributed by atoms with Crippen molar-refractivity contribution < 1.29 is 0 Å². The maximum Gasteiger partial charge on any atom is 0.0233 e. The first kappa shape index (κ1) is 28.5. The van der Waals surface area contributed by atoms with E-state index in [9.17, 15) is 0 Å². The molecule has 190 valence electrons. The molecule has 2 rings (SSSR count). The summed E-state index contributed by atoms with van der Waals surface area (Å²) in [7, 11) is 0. The van der Waals surface area contributed by atoms with Crippen molar-refractivity contribution in [1.82, 2.24) is 20.4 Å². The Bertz CT molecular complexity index is 630. The zero-order chi connectivity index (χ0) is 24.1. The first-order valence-electron chi connectivity index (χ1n) is 13.8. The van der Waals surface area contributed by atoms with Crippen molar-refractivity contribution in [2.45, 2.75) is 65.5 Å². The van der Waals surface area contributed by atoms with Crippen LogP contribution < -0.4 is 10.6 Å². The van der Waals surface area contributed by atoms with Gasteiger partial charge < -0.3 is 10.6 Å². The van der Waals surface area contributed by atoms with Gasteiger partial charge in [-0.25, -0.2) is 0 Å². The molecule has 4 nitrogen and oxygen atoms in total. The Morgan fingerprint density at radius 2 is 0.853 bits per heavy atom. The molecule has 0 heterocycles. The van der Waals surface area contributed by atoms with E-state index in [1.807, 2.05) is 0 Å². The smallest absolute Gasteiger partial charge is 0.0233 e. The van der Waals surface area contributed by atoms with Crippen LogP contribution in [0.25, 0.3) is 0 Å². The SMILES string of the molecule is CCNCCCCN(CCCCN(CCCCNCC)Cc1ccccc1)Cc1ccccc1. The van der Waals surface area contributed by atoms with Crippen LogP contribution in [-0.2, 0) is 13.1 Å². The van der Waals surface area contributed by atoms with E-state index >= 15 is 0 Å². The number of benzene rings is 2. The minimum Gasteiger partial charge on any atom is -0.317 e. The van der Waals surface area contributed by atoms with E-state index in [0.717, 1.165) is 39.3 Å². The Kier molecular flexibility index (Phi) is 16.4. The minimum absolute atomic E-state index is 1.07. The molecule has 0 amide bonds. The highest BCUT2D eigenvalue weighted by Gasteiger charge is 2.09. The normalized spacial score (nSPS) is 11.5. The van der Waals surface area contributed by atoms with Gasteiger partial charge in [0.05, 0.1) is 0 Å². The Morgan fingerprint density at radius 3 is 1.21 bits per heavy atom. The van der Waals surface area contributed by atoms with Gasteiger partial charge >= 0.3 is 0 Å². The van der Waals surface area contributed by atoms with Gasteiger partial charge in [-0.05, 0) is 102 Å². The quantitative estimate of drug-likeness (QED) is 0.236. The second kappa shape index (κ2) is 19.6.